The number of aromatic nitrogens is 1. The first-order chi connectivity index (χ1) is 9.49. The van der Waals surface area contributed by atoms with Gasteiger partial charge in [0.1, 0.15) is 0 Å². The molecule has 0 radical (unpaired) electrons. The Balaban J connectivity index is 2.18. The van der Waals surface area contributed by atoms with Gasteiger partial charge in [-0.05, 0) is 35.9 Å². The molecule has 6 nitrogen and oxygen atoms in total. The molecular formula is C13H13N3O3S. The lowest BCUT2D eigenvalue weighted by Crippen LogP contribution is -2.23. The topological polar surface area (TPSA) is 102 Å². The number of nitrogens with one attached hydrogen (secondary N) is 1. The summed E-state index contributed by atoms with van der Waals surface area (Å²) in [5.41, 5.74) is 6.07. The fraction of sp³-hybridized carbons (Fsp3) is 0.0769. The van der Waals surface area contributed by atoms with E-state index in [2.05, 4.69) is 9.71 Å². The Kier molecular flexibility index (Phi) is 4.11. The van der Waals surface area contributed by atoms with E-state index in [1.165, 1.54) is 24.3 Å². The molecule has 0 aliphatic heterocycles. The molecule has 0 unspecified atom stereocenters. The van der Waals surface area contributed by atoms with Crippen LogP contribution < -0.4 is 10.5 Å². The van der Waals surface area contributed by atoms with Crippen LogP contribution in [0.15, 0.2) is 53.7 Å². The van der Waals surface area contributed by atoms with Gasteiger partial charge in [-0.3, -0.25) is 9.78 Å². The summed E-state index contributed by atoms with van der Waals surface area (Å²) in [6.45, 7) is 0.144. The van der Waals surface area contributed by atoms with Gasteiger partial charge in [0.2, 0.25) is 15.9 Å². The lowest BCUT2D eigenvalue weighted by Gasteiger charge is -2.07. The van der Waals surface area contributed by atoms with Crippen LogP contribution in [0.3, 0.4) is 0 Å². The molecule has 0 saturated heterocycles. The smallest absolute Gasteiger partial charge is 0.248 e. The van der Waals surface area contributed by atoms with Crippen molar-refractivity contribution in [1.82, 2.24) is 9.71 Å². The van der Waals surface area contributed by atoms with E-state index in [1.54, 1.807) is 24.5 Å². The zero-order chi connectivity index (χ0) is 14.6. The molecule has 0 fully saturated rings. The Morgan fingerprint density at radius 3 is 2.55 bits per heavy atom. The van der Waals surface area contributed by atoms with Crippen molar-refractivity contribution in [3.8, 4) is 0 Å². The molecule has 3 N–H and O–H groups in total. The molecule has 0 aliphatic carbocycles. The van der Waals surface area contributed by atoms with Crippen molar-refractivity contribution in [3.05, 3.63) is 59.9 Å². The van der Waals surface area contributed by atoms with E-state index < -0.39 is 15.9 Å². The second-order valence-electron chi connectivity index (χ2n) is 4.07. The molecule has 0 spiro atoms. The molecule has 0 aliphatic rings. The summed E-state index contributed by atoms with van der Waals surface area (Å²) in [7, 11) is -3.69. The number of rotatable bonds is 5. The van der Waals surface area contributed by atoms with Crippen molar-refractivity contribution in [2.45, 2.75) is 11.4 Å². The quantitative estimate of drug-likeness (QED) is 0.844. The molecule has 2 aromatic rings. The standard InChI is InChI=1S/C13H13N3O3S/c14-13(17)11-2-1-3-12(8-11)20(18,19)16-9-10-4-6-15-7-5-10/h1-8,16H,9H2,(H2,14,17). The van der Waals surface area contributed by atoms with Gasteiger partial charge in [-0.1, -0.05) is 6.07 Å². The molecule has 1 amide bonds. The number of carbonyl (C=O) groups is 1. The molecule has 1 heterocycles. The van der Waals surface area contributed by atoms with Crippen molar-refractivity contribution in [2.75, 3.05) is 0 Å². The van der Waals surface area contributed by atoms with Crippen LogP contribution in [0, 0.1) is 0 Å². The molecule has 2 rings (SSSR count). The Labute approximate surface area is 116 Å². The highest BCUT2D eigenvalue weighted by atomic mass is 32.2. The summed E-state index contributed by atoms with van der Waals surface area (Å²) in [6, 6.07) is 9.01. The molecule has 20 heavy (non-hydrogen) atoms. The summed E-state index contributed by atoms with van der Waals surface area (Å²) >= 11 is 0. The van der Waals surface area contributed by atoms with Crippen LogP contribution in [0.2, 0.25) is 0 Å². The van der Waals surface area contributed by atoms with Gasteiger partial charge in [0.25, 0.3) is 0 Å². The van der Waals surface area contributed by atoms with Gasteiger partial charge in [-0.2, -0.15) is 0 Å². The number of nitrogens with two attached hydrogens (primary N) is 1. The Morgan fingerprint density at radius 2 is 1.90 bits per heavy atom. The first-order valence-electron chi connectivity index (χ1n) is 5.77. The van der Waals surface area contributed by atoms with Crippen molar-refractivity contribution < 1.29 is 13.2 Å². The number of pyridine rings is 1. The van der Waals surface area contributed by atoms with Gasteiger partial charge in [0, 0.05) is 24.5 Å². The highest BCUT2D eigenvalue weighted by molar-refractivity contribution is 7.89. The van der Waals surface area contributed by atoms with Gasteiger partial charge in [-0.15, -0.1) is 0 Å². The molecule has 0 saturated carbocycles. The van der Waals surface area contributed by atoms with Crippen LogP contribution in [0.1, 0.15) is 15.9 Å². The maximum atomic E-state index is 12.1. The van der Waals surface area contributed by atoms with Crippen LogP contribution in [0.25, 0.3) is 0 Å². The molecular weight excluding hydrogens is 278 g/mol. The van der Waals surface area contributed by atoms with Crippen molar-refractivity contribution in [2.24, 2.45) is 5.73 Å². The number of carbonyl (C=O) groups excluding carboxylic acids is 1. The number of hydrogen-bond acceptors (Lipinski definition) is 4. The lowest BCUT2D eigenvalue weighted by molar-refractivity contribution is 0.1000. The highest BCUT2D eigenvalue weighted by Gasteiger charge is 2.15. The minimum absolute atomic E-state index is 0.00264. The third-order valence-corrected chi connectivity index (χ3v) is 4.04. The largest absolute Gasteiger partial charge is 0.366 e. The van der Waals surface area contributed by atoms with Gasteiger partial charge >= 0.3 is 0 Å². The van der Waals surface area contributed by atoms with Gasteiger partial charge in [-0.25, -0.2) is 13.1 Å². The van der Waals surface area contributed by atoms with E-state index in [-0.39, 0.29) is 17.0 Å². The minimum Gasteiger partial charge on any atom is -0.366 e. The average molecular weight is 291 g/mol. The van der Waals surface area contributed by atoms with E-state index >= 15 is 0 Å². The monoisotopic (exact) mass is 291 g/mol. The number of benzene rings is 1. The van der Waals surface area contributed by atoms with E-state index in [4.69, 9.17) is 5.73 Å². The number of nitrogens with zero attached hydrogens (tertiary/aromatic N) is 1. The minimum atomic E-state index is -3.69. The van der Waals surface area contributed by atoms with E-state index in [0.717, 1.165) is 5.56 Å². The van der Waals surface area contributed by atoms with Gasteiger partial charge < -0.3 is 5.73 Å². The van der Waals surface area contributed by atoms with Crippen molar-refractivity contribution in [3.63, 3.8) is 0 Å². The molecule has 104 valence electrons. The van der Waals surface area contributed by atoms with Gasteiger partial charge in [0.05, 0.1) is 4.90 Å². The Bertz CT molecular complexity index is 715. The van der Waals surface area contributed by atoms with Crippen LogP contribution in [-0.4, -0.2) is 19.3 Å². The lowest BCUT2D eigenvalue weighted by atomic mass is 10.2. The zero-order valence-electron chi connectivity index (χ0n) is 10.5. The van der Waals surface area contributed by atoms with Crippen LogP contribution >= 0.6 is 0 Å². The second kappa shape index (κ2) is 5.81. The Morgan fingerprint density at radius 1 is 1.20 bits per heavy atom. The summed E-state index contributed by atoms with van der Waals surface area (Å²) in [6.07, 6.45) is 3.16. The molecule has 1 aromatic carbocycles. The zero-order valence-corrected chi connectivity index (χ0v) is 11.3. The SMILES string of the molecule is NC(=O)c1cccc(S(=O)(=O)NCc2ccncc2)c1. The summed E-state index contributed by atoms with van der Waals surface area (Å²) in [5.74, 6) is -0.670. The van der Waals surface area contributed by atoms with Crippen LogP contribution in [-0.2, 0) is 16.6 Å². The third kappa shape index (κ3) is 3.40. The average Bonchev–Trinajstić information content (AvgIpc) is 2.46. The fourth-order valence-electron chi connectivity index (χ4n) is 1.58. The normalized spacial score (nSPS) is 11.2. The first-order valence-corrected chi connectivity index (χ1v) is 7.26. The first kappa shape index (κ1) is 14.2. The molecule has 1 aromatic heterocycles. The van der Waals surface area contributed by atoms with Crippen molar-refractivity contribution >= 4 is 15.9 Å². The second-order valence-corrected chi connectivity index (χ2v) is 5.84. The number of amides is 1. The predicted octanol–water partition coefficient (Wildman–Crippen LogP) is 0.659. The van der Waals surface area contributed by atoms with E-state index in [9.17, 15) is 13.2 Å². The summed E-state index contributed by atoms with van der Waals surface area (Å²) in [5, 5.41) is 0. The molecule has 7 heteroatoms. The van der Waals surface area contributed by atoms with Crippen LogP contribution in [0.5, 0.6) is 0 Å². The van der Waals surface area contributed by atoms with E-state index in [0.29, 0.717) is 0 Å². The van der Waals surface area contributed by atoms with Crippen LogP contribution in [0.4, 0.5) is 0 Å². The number of sulfonamides is 1. The maximum absolute atomic E-state index is 12.1. The third-order valence-electron chi connectivity index (χ3n) is 2.64. The fourth-order valence-corrected chi connectivity index (χ4v) is 2.64. The highest BCUT2D eigenvalue weighted by Crippen LogP contribution is 2.11. The predicted molar refractivity (Wildman–Crippen MR) is 73.2 cm³/mol. The van der Waals surface area contributed by atoms with Gasteiger partial charge in [0.15, 0.2) is 0 Å². The molecule has 0 bridgehead atoms. The Hall–Kier alpha value is -2.25. The van der Waals surface area contributed by atoms with E-state index in [1.807, 2.05) is 0 Å². The maximum Gasteiger partial charge on any atom is 0.248 e. The number of hydrogen-bond donors (Lipinski definition) is 2. The number of primary amides is 1. The van der Waals surface area contributed by atoms with Crippen molar-refractivity contribution in [1.29, 1.82) is 0 Å². The molecule has 0 atom stereocenters. The summed E-state index contributed by atoms with van der Waals surface area (Å²) in [4.78, 5) is 14.9. The summed E-state index contributed by atoms with van der Waals surface area (Å²) < 4.78 is 26.7.